The van der Waals surface area contributed by atoms with E-state index in [1.54, 1.807) is 11.8 Å². The van der Waals surface area contributed by atoms with E-state index in [2.05, 4.69) is 5.32 Å². The van der Waals surface area contributed by atoms with Crippen LogP contribution in [-0.2, 0) is 9.53 Å². The summed E-state index contributed by atoms with van der Waals surface area (Å²) >= 11 is 0. The molecule has 2 aliphatic rings. The predicted octanol–water partition coefficient (Wildman–Crippen LogP) is 1.03. The molecule has 0 aromatic heterocycles. The van der Waals surface area contributed by atoms with E-state index in [1.165, 1.54) is 0 Å². The minimum Gasteiger partial charge on any atom is -0.444 e. The van der Waals surface area contributed by atoms with Gasteiger partial charge in [0.2, 0.25) is 0 Å². The van der Waals surface area contributed by atoms with E-state index in [1.807, 2.05) is 20.8 Å². The number of ketones is 1. The number of carbonyl (C=O) groups excluding carboxylic acids is 2. The Hall–Kier alpha value is -1.10. The molecule has 1 N–H and O–H groups in total. The summed E-state index contributed by atoms with van der Waals surface area (Å²) in [6.07, 6.45) is -0.276. The zero-order valence-corrected chi connectivity index (χ0v) is 11.6. The minimum atomic E-state index is -0.465. The van der Waals surface area contributed by atoms with Crippen LogP contribution < -0.4 is 5.32 Å². The molecular formula is C13H22N2O3. The van der Waals surface area contributed by atoms with Crippen molar-refractivity contribution in [1.82, 2.24) is 10.2 Å². The van der Waals surface area contributed by atoms with E-state index < -0.39 is 5.60 Å². The third-order valence-electron chi connectivity index (χ3n) is 3.72. The molecule has 102 valence electrons. The Kier molecular flexibility index (Phi) is 3.13. The lowest BCUT2D eigenvalue weighted by Gasteiger charge is -2.50. The molecule has 1 amide bonds. The second kappa shape index (κ2) is 4.23. The van der Waals surface area contributed by atoms with Crippen molar-refractivity contribution in [3.05, 3.63) is 0 Å². The van der Waals surface area contributed by atoms with E-state index in [0.29, 0.717) is 13.1 Å². The van der Waals surface area contributed by atoms with E-state index in [4.69, 9.17) is 4.74 Å². The molecule has 1 atom stereocenters. The van der Waals surface area contributed by atoms with Crippen LogP contribution in [0, 0.1) is 11.3 Å². The van der Waals surface area contributed by atoms with Crippen LogP contribution in [0.15, 0.2) is 0 Å². The van der Waals surface area contributed by atoms with Gasteiger partial charge in [0, 0.05) is 37.5 Å². The number of carbonyl (C=O) groups is 2. The number of amides is 1. The van der Waals surface area contributed by atoms with Crippen molar-refractivity contribution >= 4 is 11.9 Å². The first-order valence-corrected chi connectivity index (χ1v) is 6.43. The van der Waals surface area contributed by atoms with Gasteiger partial charge < -0.3 is 15.0 Å². The Morgan fingerprint density at radius 2 is 1.94 bits per heavy atom. The molecule has 0 unspecified atom stereocenters. The smallest absolute Gasteiger partial charge is 0.410 e. The van der Waals surface area contributed by atoms with E-state index in [-0.39, 0.29) is 23.2 Å². The average Bonchev–Trinajstić information content (AvgIpc) is 2.55. The molecule has 0 saturated carbocycles. The fourth-order valence-electron chi connectivity index (χ4n) is 2.88. The second-order valence-electron chi connectivity index (χ2n) is 6.49. The fraction of sp³-hybridized carbons (Fsp3) is 0.846. The summed E-state index contributed by atoms with van der Waals surface area (Å²) < 4.78 is 5.32. The molecule has 2 fully saturated rings. The summed E-state index contributed by atoms with van der Waals surface area (Å²) in [6, 6.07) is 0. The van der Waals surface area contributed by atoms with Crippen LogP contribution in [0.4, 0.5) is 4.79 Å². The molecule has 1 spiro atoms. The van der Waals surface area contributed by atoms with Crippen LogP contribution in [0.5, 0.6) is 0 Å². The van der Waals surface area contributed by atoms with Gasteiger partial charge in [-0.05, 0) is 27.7 Å². The number of hydrogen-bond donors (Lipinski definition) is 1. The zero-order chi connectivity index (χ0) is 13.6. The molecule has 2 saturated heterocycles. The van der Waals surface area contributed by atoms with Crippen molar-refractivity contribution < 1.29 is 14.3 Å². The Bertz CT molecular complexity index is 367. The molecular weight excluding hydrogens is 232 g/mol. The van der Waals surface area contributed by atoms with Crippen molar-refractivity contribution in [2.75, 3.05) is 26.2 Å². The number of Topliss-reactive ketones (excluding diaryl/α,β-unsaturated/α-hetero) is 1. The first-order chi connectivity index (χ1) is 8.23. The van der Waals surface area contributed by atoms with E-state index in [0.717, 1.165) is 13.1 Å². The summed E-state index contributed by atoms with van der Waals surface area (Å²) in [5, 5.41) is 3.25. The van der Waals surface area contributed by atoms with Crippen LogP contribution in [0.1, 0.15) is 27.7 Å². The molecule has 2 heterocycles. The molecule has 2 rings (SSSR count). The van der Waals surface area contributed by atoms with Crippen molar-refractivity contribution in [3.63, 3.8) is 0 Å². The number of ether oxygens (including phenoxy) is 1. The summed E-state index contributed by atoms with van der Waals surface area (Å²) in [7, 11) is 0. The molecule has 0 aromatic carbocycles. The van der Waals surface area contributed by atoms with Gasteiger partial charge in [-0.2, -0.15) is 0 Å². The second-order valence-corrected chi connectivity index (χ2v) is 6.49. The third-order valence-corrected chi connectivity index (χ3v) is 3.72. The van der Waals surface area contributed by atoms with Crippen molar-refractivity contribution in [2.24, 2.45) is 11.3 Å². The van der Waals surface area contributed by atoms with Gasteiger partial charge in [0.05, 0.1) is 0 Å². The van der Waals surface area contributed by atoms with Gasteiger partial charge >= 0.3 is 6.09 Å². The minimum absolute atomic E-state index is 0.0381. The molecule has 0 bridgehead atoms. The highest BCUT2D eigenvalue weighted by molar-refractivity contribution is 5.81. The summed E-state index contributed by atoms with van der Waals surface area (Å²) in [5.74, 6) is 0.250. The Morgan fingerprint density at radius 1 is 1.33 bits per heavy atom. The third kappa shape index (κ3) is 2.36. The van der Waals surface area contributed by atoms with Crippen LogP contribution in [0.2, 0.25) is 0 Å². The summed E-state index contributed by atoms with van der Waals surface area (Å²) in [5.41, 5.74) is -0.517. The maximum absolute atomic E-state index is 11.9. The summed E-state index contributed by atoms with van der Waals surface area (Å²) in [6.45, 7) is 10.0. The van der Waals surface area contributed by atoms with Crippen LogP contribution in [-0.4, -0.2) is 48.6 Å². The summed E-state index contributed by atoms with van der Waals surface area (Å²) in [4.78, 5) is 25.1. The van der Waals surface area contributed by atoms with Gasteiger partial charge in [-0.1, -0.05) is 0 Å². The van der Waals surface area contributed by atoms with Gasteiger partial charge in [0.25, 0.3) is 0 Å². The zero-order valence-electron chi connectivity index (χ0n) is 11.6. The highest BCUT2D eigenvalue weighted by Gasteiger charge is 2.55. The van der Waals surface area contributed by atoms with E-state index in [9.17, 15) is 9.59 Å². The van der Waals surface area contributed by atoms with Gasteiger partial charge in [-0.3, -0.25) is 4.79 Å². The maximum Gasteiger partial charge on any atom is 0.410 e. The lowest BCUT2D eigenvalue weighted by Crippen LogP contribution is -2.63. The Labute approximate surface area is 108 Å². The Balaban J connectivity index is 1.93. The number of likely N-dealkylation sites (tertiary alicyclic amines) is 1. The molecule has 0 aliphatic carbocycles. The molecule has 5 heteroatoms. The molecule has 18 heavy (non-hydrogen) atoms. The highest BCUT2D eigenvalue weighted by Crippen LogP contribution is 2.41. The molecule has 2 aliphatic heterocycles. The molecule has 0 aromatic rings. The standard InChI is InChI=1S/C13H22N2O3/c1-9(16)10-5-14-6-13(10)7-15(8-13)11(17)18-12(2,3)4/h10,14H,5-8H2,1-4H3/t10-/m0/s1. The molecule has 5 nitrogen and oxygen atoms in total. The van der Waals surface area contributed by atoms with Crippen molar-refractivity contribution in [2.45, 2.75) is 33.3 Å². The van der Waals surface area contributed by atoms with Crippen molar-refractivity contribution in [1.29, 1.82) is 0 Å². The first kappa shape index (κ1) is 13.3. The number of rotatable bonds is 1. The quantitative estimate of drug-likeness (QED) is 0.759. The SMILES string of the molecule is CC(=O)[C@@H]1CNCC12CN(C(=O)OC(C)(C)C)C2. The lowest BCUT2D eigenvalue weighted by molar-refractivity contribution is -0.128. The monoisotopic (exact) mass is 254 g/mol. The Morgan fingerprint density at radius 3 is 2.44 bits per heavy atom. The highest BCUT2D eigenvalue weighted by atomic mass is 16.6. The van der Waals surface area contributed by atoms with Gasteiger partial charge in [0.1, 0.15) is 11.4 Å². The normalized spacial score (nSPS) is 26.0. The number of nitrogens with zero attached hydrogens (tertiary/aromatic N) is 1. The van der Waals surface area contributed by atoms with Crippen molar-refractivity contribution in [3.8, 4) is 0 Å². The van der Waals surface area contributed by atoms with Crippen LogP contribution in [0.25, 0.3) is 0 Å². The number of hydrogen-bond acceptors (Lipinski definition) is 4. The lowest BCUT2D eigenvalue weighted by atomic mass is 9.70. The van der Waals surface area contributed by atoms with E-state index >= 15 is 0 Å². The van der Waals surface area contributed by atoms with Gasteiger partial charge in [-0.25, -0.2) is 4.79 Å². The fourth-order valence-corrected chi connectivity index (χ4v) is 2.88. The first-order valence-electron chi connectivity index (χ1n) is 6.43. The van der Waals surface area contributed by atoms with Crippen LogP contribution in [0.3, 0.4) is 0 Å². The van der Waals surface area contributed by atoms with Gasteiger partial charge in [-0.15, -0.1) is 0 Å². The largest absolute Gasteiger partial charge is 0.444 e. The predicted molar refractivity (Wildman–Crippen MR) is 67.3 cm³/mol. The van der Waals surface area contributed by atoms with Gasteiger partial charge in [0.15, 0.2) is 0 Å². The van der Waals surface area contributed by atoms with Crippen LogP contribution >= 0.6 is 0 Å². The number of nitrogens with one attached hydrogen (secondary N) is 1. The molecule has 0 radical (unpaired) electrons. The maximum atomic E-state index is 11.9. The topological polar surface area (TPSA) is 58.6 Å². The average molecular weight is 254 g/mol.